The number of fused-ring (bicyclic) bond motifs is 1. The van der Waals surface area contributed by atoms with E-state index in [0.717, 1.165) is 17.4 Å². The van der Waals surface area contributed by atoms with Crippen LogP contribution in [0.25, 0.3) is 11.0 Å². The standard InChI is InChI=1S/C30H21Cl4F3N4O3S/c1-41-22-11-23(44-13-26(36)37)17(29(42)39-15-3-5-20(35)19(32)8-15)9-21(22)40-27(41)10-16-18(31)4-2-14(28(16)34)12-38-30(43)24-6-7-25(33)45-24/h2-9,11,26H,10,12-13H2,1H3,(H,38,43)(H,39,42). The molecule has 5 aromatic rings. The quantitative estimate of drug-likeness (QED) is 0.151. The number of halogens is 7. The minimum Gasteiger partial charge on any atom is -0.487 e. The van der Waals surface area contributed by atoms with Crippen molar-refractivity contribution in [3.05, 3.63) is 107 Å². The van der Waals surface area contributed by atoms with E-state index in [0.29, 0.717) is 47.2 Å². The van der Waals surface area contributed by atoms with Crippen LogP contribution in [-0.2, 0) is 20.0 Å². The molecule has 234 valence electrons. The number of carbonyl (C=O) groups excluding carboxylic acids is 2. The van der Waals surface area contributed by atoms with Crippen molar-refractivity contribution in [3.8, 4) is 5.75 Å². The van der Waals surface area contributed by atoms with Gasteiger partial charge in [-0.25, -0.2) is 18.2 Å². The summed E-state index contributed by atoms with van der Waals surface area (Å²) in [4.78, 5) is 30.8. The number of aromatic nitrogens is 2. The Morgan fingerprint density at radius 2 is 1.78 bits per heavy atom. The molecule has 0 saturated heterocycles. The number of hydrogen-bond donors (Lipinski definition) is 2. The maximum absolute atomic E-state index is 13.6. The summed E-state index contributed by atoms with van der Waals surface area (Å²) >= 11 is 26.2. The Bertz CT molecular complexity index is 1930. The Balaban J connectivity index is 1.44. The second-order valence-corrected chi connectivity index (χ2v) is 12.6. The average Bonchev–Trinajstić information content (AvgIpc) is 3.57. The molecule has 2 N–H and O–H groups in total. The van der Waals surface area contributed by atoms with E-state index in [-0.39, 0.29) is 40.9 Å². The smallest absolute Gasteiger partial charge is 0.272 e. The molecule has 0 fully saturated rings. The fraction of sp³-hybridized carbons (Fsp3) is 0.167. The van der Waals surface area contributed by atoms with Gasteiger partial charge in [-0.15, -0.1) is 11.3 Å². The van der Waals surface area contributed by atoms with Crippen molar-refractivity contribution < 1.29 is 27.5 Å². The van der Waals surface area contributed by atoms with E-state index >= 15 is 0 Å². The molecule has 0 bridgehead atoms. The number of aryl methyl sites for hydroxylation is 1. The maximum atomic E-state index is 13.6. The number of anilines is 1. The van der Waals surface area contributed by atoms with Crippen LogP contribution in [-0.4, -0.2) is 34.4 Å². The number of ether oxygens (including phenoxy) is 1. The maximum Gasteiger partial charge on any atom is 0.272 e. The van der Waals surface area contributed by atoms with Crippen LogP contribution < -0.4 is 15.4 Å². The van der Waals surface area contributed by atoms with Gasteiger partial charge in [0.1, 0.15) is 24.0 Å². The third-order valence-electron chi connectivity index (χ3n) is 6.70. The van der Waals surface area contributed by atoms with E-state index in [1.165, 1.54) is 24.3 Å². The van der Waals surface area contributed by atoms with Gasteiger partial charge in [0, 0.05) is 36.8 Å². The van der Waals surface area contributed by atoms with Crippen LogP contribution in [0.2, 0.25) is 19.4 Å². The van der Waals surface area contributed by atoms with E-state index in [4.69, 9.17) is 51.1 Å². The first-order valence-electron chi connectivity index (χ1n) is 13.1. The van der Waals surface area contributed by atoms with Crippen LogP contribution in [0.4, 0.5) is 18.9 Å². The summed E-state index contributed by atoms with van der Waals surface area (Å²) in [6.45, 7) is -0.824. The number of benzene rings is 3. The van der Waals surface area contributed by atoms with Gasteiger partial charge in [0.05, 0.1) is 35.9 Å². The molecule has 0 aliphatic carbocycles. The highest BCUT2D eigenvalue weighted by molar-refractivity contribution is 7.18. The molecule has 2 amide bonds. The van der Waals surface area contributed by atoms with Crippen LogP contribution in [0.5, 0.6) is 5.75 Å². The van der Waals surface area contributed by atoms with Gasteiger partial charge in [-0.2, -0.15) is 0 Å². The number of thiophene rings is 1. The van der Waals surface area contributed by atoms with Gasteiger partial charge >= 0.3 is 0 Å². The van der Waals surface area contributed by atoms with Gasteiger partial charge < -0.3 is 19.9 Å². The second-order valence-electron chi connectivity index (χ2n) is 9.67. The fourth-order valence-electron chi connectivity index (χ4n) is 4.45. The van der Waals surface area contributed by atoms with Crippen LogP contribution in [0.15, 0.2) is 54.6 Å². The summed E-state index contributed by atoms with van der Waals surface area (Å²) < 4.78 is 47.2. The molecule has 2 aromatic heterocycles. The zero-order chi connectivity index (χ0) is 32.4. The fourth-order valence-corrected chi connectivity index (χ4v) is 6.16. The van der Waals surface area contributed by atoms with Crippen molar-refractivity contribution in [3.63, 3.8) is 0 Å². The molecule has 5 rings (SSSR count). The molecule has 7 nitrogen and oxygen atoms in total. The number of carbonyl (C=O) groups is 2. The van der Waals surface area contributed by atoms with E-state index in [9.17, 15) is 22.8 Å². The summed E-state index contributed by atoms with van der Waals surface area (Å²) in [6.07, 6.45) is -2.63. The second kappa shape index (κ2) is 13.9. The summed E-state index contributed by atoms with van der Waals surface area (Å²) in [6, 6.07) is 13.1. The summed E-state index contributed by atoms with van der Waals surface area (Å²) in [5.41, 5.74) is 2.13. The van der Waals surface area contributed by atoms with Gasteiger partial charge in [0.2, 0.25) is 0 Å². The summed E-state index contributed by atoms with van der Waals surface area (Å²) in [7, 11) is 1.71. The Hall–Kier alpha value is -3.48. The highest BCUT2D eigenvalue weighted by Gasteiger charge is 2.21. The van der Waals surface area contributed by atoms with Crippen molar-refractivity contribution in [2.24, 2.45) is 7.05 Å². The van der Waals surface area contributed by atoms with Crippen LogP contribution in [0, 0.1) is 5.82 Å². The minimum absolute atomic E-state index is 0.0749. The number of nitrogens with zero attached hydrogens (tertiary/aromatic N) is 2. The molecule has 0 spiro atoms. The number of alkyl halides is 2. The minimum atomic E-state index is -2.79. The molecule has 0 saturated carbocycles. The molecule has 0 radical (unpaired) electrons. The Labute approximate surface area is 278 Å². The van der Waals surface area contributed by atoms with Gasteiger partial charge in [-0.1, -0.05) is 52.5 Å². The first-order chi connectivity index (χ1) is 21.4. The van der Waals surface area contributed by atoms with Gasteiger partial charge in [-0.05, 0) is 53.6 Å². The topological polar surface area (TPSA) is 85.2 Å². The van der Waals surface area contributed by atoms with Crippen LogP contribution in [0.3, 0.4) is 0 Å². The number of amides is 2. The van der Waals surface area contributed by atoms with Crippen LogP contribution in [0.1, 0.15) is 37.0 Å². The first-order valence-corrected chi connectivity index (χ1v) is 15.4. The zero-order valence-corrected chi connectivity index (χ0v) is 26.9. The van der Waals surface area contributed by atoms with E-state index in [1.54, 1.807) is 35.9 Å². The molecule has 0 aliphatic rings. The highest BCUT2D eigenvalue weighted by atomic mass is 35.5. The average molecular weight is 716 g/mol. The van der Waals surface area contributed by atoms with Crippen LogP contribution >= 0.6 is 57.7 Å². The highest BCUT2D eigenvalue weighted by Crippen LogP contribution is 2.33. The van der Waals surface area contributed by atoms with E-state index in [1.807, 2.05) is 0 Å². The summed E-state index contributed by atoms with van der Waals surface area (Å²) in [5, 5.41) is 5.88. The normalized spacial score (nSPS) is 11.3. The van der Waals surface area contributed by atoms with Gasteiger partial charge in [0.15, 0.2) is 0 Å². The van der Waals surface area contributed by atoms with E-state index in [2.05, 4.69) is 15.6 Å². The SMILES string of the molecule is Cn1c(Cc2c(Cl)ccc(CNC(=O)c3ccc(Cl)s3)c2Cl)nc2cc(C(=O)Nc3ccc(F)c(Cl)c3)c(OCC(F)F)cc21. The van der Waals surface area contributed by atoms with Crippen molar-refractivity contribution in [1.29, 1.82) is 0 Å². The largest absolute Gasteiger partial charge is 0.487 e. The monoisotopic (exact) mass is 714 g/mol. The Morgan fingerprint density at radius 3 is 2.47 bits per heavy atom. The molecule has 0 atom stereocenters. The van der Waals surface area contributed by atoms with Gasteiger partial charge in [0.25, 0.3) is 18.2 Å². The molecule has 3 aromatic carbocycles. The lowest BCUT2D eigenvalue weighted by atomic mass is 10.1. The molecule has 2 heterocycles. The molecule has 45 heavy (non-hydrogen) atoms. The lowest BCUT2D eigenvalue weighted by molar-refractivity contribution is 0.0804. The molecule has 0 unspecified atom stereocenters. The number of hydrogen-bond acceptors (Lipinski definition) is 5. The number of nitrogens with one attached hydrogen (secondary N) is 2. The lowest BCUT2D eigenvalue weighted by Gasteiger charge is -2.13. The first kappa shape index (κ1) is 32.9. The lowest BCUT2D eigenvalue weighted by Crippen LogP contribution is -2.22. The summed E-state index contributed by atoms with van der Waals surface area (Å²) in [5.74, 6) is -1.30. The number of rotatable bonds is 10. The molecular weight excluding hydrogens is 695 g/mol. The van der Waals surface area contributed by atoms with Crippen molar-refractivity contribution in [2.45, 2.75) is 19.4 Å². The predicted molar refractivity (Wildman–Crippen MR) is 171 cm³/mol. The third-order valence-corrected chi connectivity index (χ3v) is 9.04. The van der Waals surface area contributed by atoms with Crippen molar-refractivity contribution >= 4 is 86.3 Å². The van der Waals surface area contributed by atoms with Crippen molar-refractivity contribution in [2.75, 3.05) is 11.9 Å². The Kier molecular flexibility index (Phi) is 10.1. The van der Waals surface area contributed by atoms with Crippen molar-refractivity contribution in [1.82, 2.24) is 14.9 Å². The molecule has 15 heteroatoms. The third kappa shape index (κ3) is 7.50. The molecule has 0 aliphatic heterocycles. The molecular formula is C30H21Cl4F3N4O3S. The van der Waals surface area contributed by atoms with E-state index < -0.39 is 24.8 Å². The zero-order valence-electron chi connectivity index (χ0n) is 23.1. The number of imidazole rings is 1. The predicted octanol–water partition coefficient (Wildman–Crippen LogP) is 8.80. The Morgan fingerprint density at radius 1 is 1.00 bits per heavy atom. The van der Waals surface area contributed by atoms with Gasteiger partial charge in [-0.3, -0.25) is 9.59 Å².